The Morgan fingerprint density at radius 2 is 1.81 bits per heavy atom. The number of amides is 1. The lowest BCUT2D eigenvalue weighted by atomic mass is 10.0. The molecule has 0 aliphatic rings. The highest BCUT2D eigenvalue weighted by molar-refractivity contribution is 6.10. The van der Waals surface area contributed by atoms with E-state index in [2.05, 4.69) is 10.3 Å². The van der Waals surface area contributed by atoms with E-state index in [1.54, 1.807) is 48.5 Å². The first-order valence-corrected chi connectivity index (χ1v) is 8.23. The fourth-order valence-corrected chi connectivity index (χ4v) is 2.83. The van der Waals surface area contributed by atoms with Crippen LogP contribution in [0.25, 0.3) is 10.9 Å². The van der Waals surface area contributed by atoms with Crippen LogP contribution >= 0.6 is 0 Å². The number of esters is 1. The van der Waals surface area contributed by atoms with Gasteiger partial charge in [0.2, 0.25) is 0 Å². The van der Waals surface area contributed by atoms with Crippen LogP contribution in [0.3, 0.4) is 0 Å². The number of aromatic nitrogens is 1. The summed E-state index contributed by atoms with van der Waals surface area (Å²) in [6.07, 6.45) is 0. The zero-order chi connectivity index (χ0) is 19.4. The molecule has 1 amide bonds. The minimum absolute atomic E-state index is 0.0812. The van der Waals surface area contributed by atoms with Gasteiger partial charge >= 0.3 is 5.97 Å². The zero-order valence-corrected chi connectivity index (χ0v) is 14.9. The van der Waals surface area contributed by atoms with Crippen LogP contribution in [0.2, 0.25) is 0 Å². The van der Waals surface area contributed by atoms with Crippen molar-refractivity contribution in [2.45, 2.75) is 13.5 Å². The predicted octanol–water partition coefficient (Wildman–Crippen LogP) is 2.85. The smallest absolute Gasteiger partial charge is 0.308 e. The molecule has 3 aromatic rings. The second kappa shape index (κ2) is 7.84. The summed E-state index contributed by atoms with van der Waals surface area (Å²) >= 11 is 0. The van der Waals surface area contributed by atoms with E-state index in [1.165, 1.54) is 14.0 Å². The lowest BCUT2D eigenvalue weighted by Crippen LogP contribution is -2.25. The number of methoxy groups -OCH3 is 1. The number of hydrogen-bond acceptors (Lipinski definition) is 5. The molecule has 2 N–H and O–H groups in total. The second-order valence-electron chi connectivity index (χ2n) is 5.84. The van der Waals surface area contributed by atoms with E-state index in [-0.39, 0.29) is 17.9 Å². The Kier molecular flexibility index (Phi) is 5.33. The van der Waals surface area contributed by atoms with Crippen molar-refractivity contribution in [3.63, 3.8) is 0 Å². The van der Waals surface area contributed by atoms with Crippen molar-refractivity contribution < 1.29 is 19.1 Å². The third kappa shape index (κ3) is 3.88. The molecule has 0 aliphatic carbocycles. The SMILES string of the molecule is COCc1cccc2[nH]c(=O)c(C(=O)Nc3ccccc3)c(OC(C)=O)c12. The van der Waals surface area contributed by atoms with Gasteiger partial charge < -0.3 is 19.8 Å². The normalized spacial score (nSPS) is 10.6. The highest BCUT2D eigenvalue weighted by Crippen LogP contribution is 2.31. The molecule has 0 saturated carbocycles. The molecule has 27 heavy (non-hydrogen) atoms. The molecular formula is C20H18N2O5. The van der Waals surface area contributed by atoms with Gasteiger partial charge in [-0.15, -0.1) is 0 Å². The van der Waals surface area contributed by atoms with Crippen LogP contribution in [0.1, 0.15) is 22.8 Å². The molecule has 3 rings (SSSR count). The van der Waals surface area contributed by atoms with Crippen molar-refractivity contribution in [1.82, 2.24) is 4.98 Å². The summed E-state index contributed by atoms with van der Waals surface area (Å²) in [5.41, 5.74) is 0.714. The van der Waals surface area contributed by atoms with Gasteiger partial charge in [0.05, 0.1) is 12.1 Å². The van der Waals surface area contributed by atoms with Crippen LogP contribution in [0, 0.1) is 0 Å². The van der Waals surface area contributed by atoms with Crippen LogP contribution in [0.4, 0.5) is 5.69 Å². The van der Waals surface area contributed by atoms with Crippen LogP contribution in [-0.2, 0) is 16.1 Å². The van der Waals surface area contributed by atoms with E-state index in [0.29, 0.717) is 22.2 Å². The van der Waals surface area contributed by atoms with E-state index < -0.39 is 17.4 Å². The van der Waals surface area contributed by atoms with Gasteiger partial charge in [0, 0.05) is 25.1 Å². The minimum Gasteiger partial charge on any atom is -0.425 e. The van der Waals surface area contributed by atoms with Crippen molar-refractivity contribution in [1.29, 1.82) is 0 Å². The first-order valence-electron chi connectivity index (χ1n) is 8.23. The van der Waals surface area contributed by atoms with Crippen LogP contribution < -0.4 is 15.6 Å². The lowest BCUT2D eigenvalue weighted by Gasteiger charge is -2.14. The topological polar surface area (TPSA) is 97.5 Å². The number of para-hydroxylation sites is 1. The Hall–Kier alpha value is -3.45. The monoisotopic (exact) mass is 366 g/mol. The summed E-state index contributed by atoms with van der Waals surface area (Å²) in [5, 5.41) is 3.10. The number of anilines is 1. The maximum atomic E-state index is 12.8. The molecule has 0 unspecified atom stereocenters. The molecule has 0 aliphatic heterocycles. The van der Waals surface area contributed by atoms with Gasteiger partial charge in [-0.1, -0.05) is 30.3 Å². The van der Waals surface area contributed by atoms with Gasteiger partial charge in [-0.25, -0.2) is 0 Å². The first-order chi connectivity index (χ1) is 13.0. The summed E-state index contributed by atoms with van der Waals surface area (Å²) in [5.74, 6) is -1.39. The van der Waals surface area contributed by atoms with Gasteiger partial charge in [-0.3, -0.25) is 14.4 Å². The Morgan fingerprint density at radius 3 is 2.48 bits per heavy atom. The molecule has 0 radical (unpaired) electrons. The van der Waals surface area contributed by atoms with E-state index in [1.807, 2.05) is 0 Å². The Balaban J connectivity index is 2.22. The number of H-pyrrole nitrogens is 1. The lowest BCUT2D eigenvalue weighted by molar-refractivity contribution is -0.131. The van der Waals surface area contributed by atoms with Crippen molar-refractivity contribution in [3.8, 4) is 5.75 Å². The molecule has 7 heteroatoms. The summed E-state index contributed by atoms with van der Waals surface area (Å²) in [6, 6.07) is 13.9. The van der Waals surface area contributed by atoms with E-state index in [4.69, 9.17) is 9.47 Å². The molecule has 1 heterocycles. The minimum atomic E-state index is -0.673. The number of nitrogens with one attached hydrogen (secondary N) is 2. The highest BCUT2D eigenvalue weighted by Gasteiger charge is 2.24. The van der Waals surface area contributed by atoms with Gasteiger partial charge in [0.1, 0.15) is 5.56 Å². The van der Waals surface area contributed by atoms with E-state index in [0.717, 1.165) is 0 Å². The molecular weight excluding hydrogens is 348 g/mol. The molecule has 0 saturated heterocycles. The summed E-state index contributed by atoms with van der Waals surface area (Å²) in [4.78, 5) is 39.7. The summed E-state index contributed by atoms with van der Waals surface area (Å²) in [6.45, 7) is 1.43. The summed E-state index contributed by atoms with van der Waals surface area (Å²) < 4.78 is 10.5. The number of hydrogen-bond donors (Lipinski definition) is 2. The number of ether oxygens (including phenoxy) is 2. The maximum absolute atomic E-state index is 12.8. The molecule has 0 bridgehead atoms. The number of carbonyl (C=O) groups excluding carboxylic acids is 2. The third-order valence-electron chi connectivity index (χ3n) is 3.88. The van der Waals surface area contributed by atoms with Gasteiger partial charge in [0.15, 0.2) is 5.75 Å². The van der Waals surface area contributed by atoms with Gasteiger partial charge in [0.25, 0.3) is 11.5 Å². The van der Waals surface area contributed by atoms with E-state index >= 15 is 0 Å². The van der Waals surface area contributed by atoms with Gasteiger partial charge in [-0.2, -0.15) is 0 Å². The van der Waals surface area contributed by atoms with Crippen LogP contribution in [0.5, 0.6) is 5.75 Å². The number of aromatic amines is 1. The number of carbonyl (C=O) groups is 2. The average molecular weight is 366 g/mol. The molecule has 0 atom stereocenters. The Labute approximate surface area is 154 Å². The number of benzene rings is 2. The van der Waals surface area contributed by atoms with Crippen molar-refractivity contribution in [3.05, 3.63) is 70.0 Å². The fourth-order valence-electron chi connectivity index (χ4n) is 2.83. The van der Waals surface area contributed by atoms with Crippen molar-refractivity contribution >= 4 is 28.5 Å². The van der Waals surface area contributed by atoms with Crippen molar-refractivity contribution in [2.75, 3.05) is 12.4 Å². The Bertz CT molecular complexity index is 1060. The average Bonchev–Trinajstić information content (AvgIpc) is 2.62. The second-order valence-corrected chi connectivity index (χ2v) is 5.84. The quantitative estimate of drug-likeness (QED) is 0.677. The van der Waals surface area contributed by atoms with Gasteiger partial charge in [-0.05, 0) is 23.8 Å². The van der Waals surface area contributed by atoms with Crippen LogP contribution in [0.15, 0.2) is 53.3 Å². The van der Waals surface area contributed by atoms with Crippen molar-refractivity contribution in [2.24, 2.45) is 0 Å². The molecule has 0 fully saturated rings. The molecule has 1 aromatic heterocycles. The number of pyridine rings is 1. The molecule has 0 spiro atoms. The predicted molar refractivity (Wildman–Crippen MR) is 101 cm³/mol. The zero-order valence-electron chi connectivity index (χ0n) is 14.9. The maximum Gasteiger partial charge on any atom is 0.308 e. The Morgan fingerprint density at radius 1 is 1.07 bits per heavy atom. The number of rotatable bonds is 5. The third-order valence-corrected chi connectivity index (χ3v) is 3.88. The standard InChI is InChI=1S/C20H18N2O5/c1-12(23)27-18-16-13(11-26-2)7-6-10-15(16)22-20(25)17(18)19(24)21-14-8-4-3-5-9-14/h3-10H,11H2,1-2H3,(H,21,24)(H,22,25). The van der Waals surface area contributed by atoms with Crippen LogP contribution in [-0.4, -0.2) is 24.0 Å². The molecule has 7 nitrogen and oxygen atoms in total. The highest BCUT2D eigenvalue weighted by atomic mass is 16.5. The molecule has 2 aromatic carbocycles. The van der Waals surface area contributed by atoms with E-state index in [9.17, 15) is 14.4 Å². The summed E-state index contributed by atoms with van der Waals surface area (Å²) in [7, 11) is 1.53. The fraction of sp³-hybridized carbons (Fsp3) is 0.150. The number of fused-ring (bicyclic) bond motifs is 1. The molecule has 138 valence electrons. The largest absolute Gasteiger partial charge is 0.425 e. The first kappa shape index (κ1) is 18.3.